The summed E-state index contributed by atoms with van der Waals surface area (Å²) in [4.78, 5) is 0. The van der Waals surface area contributed by atoms with Crippen LogP contribution in [0.2, 0.25) is 0 Å². The Balaban J connectivity index is 3.06. The molecule has 0 atom stereocenters. The molecule has 0 aliphatic heterocycles. The average Bonchev–Trinajstić information content (AvgIpc) is 2.36. The van der Waals surface area contributed by atoms with Gasteiger partial charge in [-0.3, -0.25) is 4.31 Å². The first-order valence-electron chi connectivity index (χ1n) is 6.29. The largest absolute Gasteiger partial charge is 0.330 e. The molecule has 21 heavy (non-hydrogen) atoms. The van der Waals surface area contributed by atoms with E-state index in [9.17, 15) is 21.2 Å². The van der Waals surface area contributed by atoms with Gasteiger partial charge < -0.3 is 5.73 Å². The first-order chi connectivity index (χ1) is 9.65. The monoisotopic (exact) mass is 338 g/mol. The molecule has 1 rings (SSSR count). The first kappa shape index (κ1) is 17.9. The Morgan fingerprint density at radius 1 is 1.19 bits per heavy atom. The van der Waals surface area contributed by atoms with E-state index in [1.54, 1.807) is 0 Å². The van der Waals surface area contributed by atoms with Gasteiger partial charge in [-0.25, -0.2) is 21.2 Å². The van der Waals surface area contributed by atoms with Crippen LogP contribution in [0.1, 0.15) is 6.42 Å². The molecule has 0 unspecified atom stereocenters. The Bertz CT molecular complexity index is 674. The molecule has 1 aromatic carbocycles. The van der Waals surface area contributed by atoms with Crippen molar-refractivity contribution in [1.29, 1.82) is 0 Å². The van der Waals surface area contributed by atoms with E-state index in [4.69, 9.17) is 5.73 Å². The maximum atomic E-state index is 13.3. The summed E-state index contributed by atoms with van der Waals surface area (Å²) in [5, 5.41) is 0. The zero-order valence-electron chi connectivity index (χ0n) is 11.7. The lowest BCUT2D eigenvalue weighted by Gasteiger charge is -2.24. The van der Waals surface area contributed by atoms with Crippen molar-refractivity contribution in [1.82, 2.24) is 0 Å². The number of hydrogen-bond acceptors (Lipinski definition) is 5. The van der Waals surface area contributed by atoms with Crippen molar-refractivity contribution in [3.63, 3.8) is 0 Å². The molecule has 2 N–H and O–H groups in total. The molecule has 0 aliphatic carbocycles. The first-order valence-corrected chi connectivity index (χ1v) is 9.96. The zero-order chi connectivity index (χ0) is 16.1. The molecule has 1 aromatic rings. The summed E-state index contributed by atoms with van der Waals surface area (Å²) in [5.41, 5.74) is 5.54. The summed E-state index contributed by atoms with van der Waals surface area (Å²) in [6.07, 6.45) is 1.35. The molecule has 0 saturated carbocycles. The lowest BCUT2D eigenvalue weighted by atomic mass is 10.3. The number of hydrogen-bond donors (Lipinski definition) is 1. The van der Waals surface area contributed by atoms with Gasteiger partial charge in [-0.1, -0.05) is 6.07 Å². The van der Waals surface area contributed by atoms with Gasteiger partial charge in [-0.05, 0) is 31.2 Å². The van der Waals surface area contributed by atoms with Crippen LogP contribution in [-0.2, 0) is 19.9 Å². The van der Waals surface area contributed by atoms with E-state index >= 15 is 0 Å². The number of anilines is 1. The fraction of sp³-hybridized carbons (Fsp3) is 0.500. The smallest absolute Gasteiger partial charge is 0.236 e. The van der Waals surface area contributed by atoms with Gasteiger partial charge in [-0.2, -0.15) is 0 Å². The Hall–Kier alpha value is -1.19. The van der Waals surface area contributed by atoms with Gasteiger partial charge >= 0.3 is 0 Å². The molecule has 0 amide bonds. The van der Waals surface area contributed by atoms with Crippen molar-refractivity contribution in [2.75, 3.05) is 35.2 Å². The molecule has 0 saturated heterocycles. The molecular formula is C12H19FN2O4S2. The number of nitrogens with two attached hydrogens (primary N) is 1. The summed E-state index contributed by atoms with van der Waals surface area (Å²) in [5.74, 6) is -1.60. The predicted molar refractivity (Wildman–Crippen MR) is 80.9 cm³/mol. The molecule has 0 aromatic heterocycles. The summed E-state index contributed by atoms with van der Waals surface area (Å²) >= 11 is 0. The van der Waals surface area contributed by atoms with Crippen molar-refractivity contribution in [2.45, 2.75) is 6.42 Å². The summed E-state index contributed by atoms with van der Waals surface area (Å²) < 4.78 is 61.1. The van der Waals surface area contributed by atoms with Gasteiger partial charge in [0.2, 0.25) is 10.0 Å². The van der Waals surface area contributed by atoms with Crippen molar-refractivity contribution >= 4 is 25.5 Å². The van der Waals surface area contributed by atoms with Crippen LogP contribution in [0, 0.1) is 5.82 Å². The molecule has 120 valence electrons. The van der Waals surface area contributed by atoms with E-state index < -0.39 is 37.2 Å². The minimum Gasteiger partial charge on any atom is -0.330 e. The Labute approximate surface area is 124 Å². The highest BCUT2D eigenvalue weighted by atomic mass is 32.2. The number of nitrogens with zero attached hydrogens (tertiary/aromatic N) is 1. The van der Waals surface area contributed by atoms with E-state index in [-0.39, 0.29) is 18.8 Å². The van der Waals surface area contributed by atoms with Crippen LogP contribution in [0.5, 0.6) is 0 Å². The standard InChI is InChI=1S/C12H19FN2O4S2/c1-20(16,17)8-9-21(18,19)15(7-3-6-14)12-5-2-4-11(13)10-12/h2,4-5,10H,3,6-9,14H2,1H3. The SMILES string of the molecule is CS(=O)(=O)CCS(=O)(=O)N(CCCN)c1cccc(F)c1. The van der Waals surface area contributed by atoms with Crippen molar-refractivity contribution in [2.24, 2.45) is 5.73 Å². The predicted octanol–water partition coefficient (Wildman–Crippen LogP) is 0.355. The van der Waals surface area contributed by atoms with Gasteiger partial charge in [-0.15, -0.1) is 0 Å². The van der Waals surface area contributed by atoms with Crippen molar-refractivity contribution < 1.29 is 21.2 Å². The molecule has 0 radical (unpaired) electrons. The number of halogens is 1. The van der Waals surface area contributed by atoms with Crippen LogP contribution >= 0.6 is 0 Å². The molecule has 0 bridgehead atoms. The third kappa shape index (κ3) is 5.98. The minimum atomic E-state index is -3.87. The molecule has 0 fully saturated rings. The fourth-order valence-corrected chi connectivity index (χ4v) is 4.78. The second-order valence-corrected chi connectivity index (χ2v) is 8.91. The normalized spacial score (nSPS) is 12.3. The lowest BCUT2D eigenvalue weighted by molar-refractivity contribution is 0.585. The van der Waals surface area contributed by atoms with E-state index in [2.05, 4.69) is 0 Å². The minimum absolute atomic E-state index is 0.0754. The molecule has 0 heterocycles. The zero-order valence-corrected chi connectivity index (χ0v) is 13.3. The third-order valence-corrected chi connectivity index (χ3v) is 5.70. The van der Waals surface area contributed by atoms with Crippen LogP contribution in [0.15, 0.2) is 24.3 Å². The number of sulfone groups is 1. The van der Waals surface area contributed by atoms with Gasteiger partial charge in [0.1, 0.15) is 15.7 Å². The Kier molecular flexibility index (Phi) is 6.11. The van der Waals surface area contributed by atoms with Crippen LogP contribution in [-0.4, -0.2) is 47.7 Å². The van der Waals surface area contributed by atoms with Gasteiger partial charge in [0.15, 0.2) is 0 Å². The summed E-state index contributed by atoms with van der Waals surface area (Å²) in [7, 11) is -7.27. The van der Waals surface area contributed by atoms with Crippen molar-refractivity contribution in [3.05, 3.63) is 30.1 Å². The lowest BCUT2D eigenvalue weighted by Crippen LogP contribution is -2.36. The van der Waals surface area contributed by atoms with E-state index in [1.807, 2.05) is 0 Å². The van der Waals surface area contributed by atoms with Gasteiger partial charge in [0.05, 0.1) is 17.2 Å². The quantitative estimate of drug-likeness (QED) is 0.738. The highest BCUT2D eigenvalue weighted by Gasteiger charge is 2.24. The van der Waals surface area contributed by atoms with Gasteiger partial charge in [0, 0.05) is 12.8 Å². The summed E-state index contributed by atoms with van der Waals surface area (Å²) in [6, 6.07) is 5.14. The third-order valence-electron chi connectivity index (χ3n) is 2.71. The molecule has 0 aliphatic rings. The van der Waals surface area contributed by atoms with Gasteiger partial charge in [0.25, 0.3) is 0 Å². The highest BCUT2D eigenvalue weighted by Crippen LogP contribution is 2.20. The van der Waals surface area contributed by atoms with E-state index in [0.29, 0.717) is 6.42 Å². The maximum absolute atomic E-state index is 13.3. The molecular weight excluding hydrogens is 319 g/mol. The topological polar surface area (TPSA) is 97.5 Å². The van der Waals surface area contributed by atoms with E-state index in [1.165, 1.54) is 18.2 Å². The molecule has 9 heteroatoms. The number of sulfonamides is 1. The Morgan fingerprint density at radius 2 is 1.86 bits per heavy atom. The van der Waals surface area contributed by atoms with Crippen LogP contribution in [0.25, 0.3) is 0 Å². The fourth-order valence-electron chi connectivity index (χ4n) is 1.66. The van der Waals surface area contributed by atoms with Crippen LogP contribution in [0.4, 0.5) is 10.1 Å². The number of rotatable bonds is 8. The second-order valence-electron chi connectivity index (χ2n) is 4.64. The van der Waals surface area contributed by atoms with Crippen LogP contribution < -0.4 is 10.0 Å². The van der Waals surface area contributed by atoms with Crippen molar-refractivity contribution in [3.8, 4) is 0 Å². The average molecular weight is 338 g/mol. The molecule has 0 spiro atoms. The summed E-state index contributed by atoms with van der Waals surface area (Å²) in [6.45, 7) is 0.347. The molecule has 6 nitrogen and oxygen atoms in total. The highest BCUT2D eigenvalue weighted by molar-refractivity contribution is 7.95. The van der Waals surface area contributed by atoms with Crippen LogP contribution in [0.3, 0.4) is 0 Å². The van der Waals surface area contributed by atoms with E-state index in [0.717, 1.165) is 16.6 Å². The second kappa shape index (κ2) is 7.19. The maximum Gasteiger partial charge on any atom is 0.236 e. The Morgan fingerprint density at radius 3 is 2.38 bits per heavy atom. The number of benzene rings is 1.